The molecule has 1 rings (SSSR count). The fraction of sp³-hybridized carbons (Fsp3) is 0.833. The summed E-state index contributed by atoms with van der Waals surface area (Å²) in [5.74, 6) is -0.513. The van der Waals surface area contributed by atoms with Gasteiger partial charge in [-0.25, -0.2) is 4.79 Å². The van der Waals surface area contributed by atoms with Crippen LogP contribution in [0.4, 0.5) is 0 Å². The van der Waals surface area contributed by atoms with Crippen molar-refractivity contribution in [2.45, 2.75) is 45.2 Å². The van der Waals surface area contributed by atoms with E-state index in [-0.39, 0.29) is 11.9 Å². The quantitative estimate of drug-likeness (QED) is 0.761. The summed E-state index contributed by atoms with van der Waals surface area (Å²) in [5, 5.41) is 12.1. The molecular weight excluding hydrogens is 220 g/mol. The molecule has 0 aromatic rings. The summed E-state index contributed by atoms with van der Waals surface area (Å²) < 4.78 is 0. The molecule has 0 spiro atoms. The van der Waals surface area contributed by atoms with Gasteiger partial charge in [-0.2, -0.15) is 0 Å². The Morgan fingerprint density at radius 2 is 2.18 bits per heavy atom. The molecule has 0 aromatic carbocycles. The van der Waals surface area contributed by atoms with Crippen molar-refractivity contribution >= 4 is 11.9 Å². The monoisotopic (exact) mass is 242 g/mol. The molecule has 1 aliphatic heterocycles. The Kier molecular flexibility index (Phi) is 4.93. The van der Waals surface area contributed by atoms with Crippen LogP contribution >= 0.6 is 0 Å². The second kappa shape index (κ2) is 6.00. The number of carbonyl (C=O) groups is 2. The lowest BCUT2D eigenvalue weighted by atomic mass is 9.90. The molecule has 0 aliphatic carbocycles. The van der Waals surface area contributed by atoms with Crippen LogP contribution in [0.5, 0.6) is 0 Å². The van der Waals surface area contributed by atoms with E-state index in [9.17, 15) is 9.59 Å². The highest BCUT2D eigenvalue weighted by molar-refractivity contribution is 5.86. The van der Waals surface area contributed by atoms with Crippen LogP contribution in [0.3, 0.4) is 0 Å². The number of piperidine rings is 1. The fourth-order valence-corrected chi connectivity index (χ4v) is 2.16. The molecule has 0 radical (unpaired) electrons. The van der Waals surface area contributed by atoms with E-state index in [1.54, 1.807) is 7.05 Å². The predicted octanol–water partition coefficient (Wildman–Crippen LogP) is 0.696. The smallest absolute Gasteiger partial charge is 0.326 e. The topological polar surface area (TPSA) is 69.6 Å². The van der Waals surface area contributed by atoms with Gasteiger partial charge in [-0.1, -0.05) is 13.3 Å². The van der Waals surface area contributed by atoms with Crippen molar-refractivity contribution in [3.8, 4) is 0 Å². The highest BCUT2D eigenvalue weighted by atomic mass is 16.4. The molecule has 5 heteroatoms. The maximum absolute atomic E-state index is 12.1. The van der Waals surface area contributed by atoms with Gasteiger partial charge in [0.1, 0.15) is 6.04 Å². The molecule has 98 valence electrons. The molecule has 3 atom stereocenters. The first kappa shape index (κ1) is 14.0. The van der Waals surface area contributed by atoms with Crippen molar-refractivity contribution in [3.63, 3.8) is 0 Å². The van der Waals surface area contributed by atoms with E-state index < -0.39 is 12.0 Å². The third-order valence-corrected chi connectivity index (χ3v) is 3.67. The van der Waals surface area contributed by atoms with E-state index in [4.69, 9.17) is 5.11 Å². The number of nitrogens with one attached hydrogen (secondary N) is 1. The van der Waals surface area contributed by atoms with E-state index in [1.807, 2.05) is 0 Å². The second-order valence-electron chi connectivity index (χ2n) is 4.77. The van der Waals surface area contributed by atoms with Crippen LogP contribution in [-0.4, -0.2) is 47.6 Å². The van der Waals surface area contributed by atoms with E-state index in [0.29, 0.717) is 5.92 Å². The van der Waals surface area contributed by atoms with Crippen molar-refractivity contribution in [2.75, 3.05) is 13.6 Å². The molecule has 17 heavy (non-hydrogen) atoms. The maximum Gasteiger partial charge on any atom is 0.326 e. The molecule has 1 heterocycles. The minimum absolute atomic E-state index is 0.113. The summed E-state index contributed by atoms with van der Waals surface area (Å²) in [6.07, 6.45) is 2.98. The Bertz CT molecular complexity index is 293. The van der Waals surface area contributed by atoms with E-state index in [0.717, 1.165) is 25.8 Å². The fourth-order valence-electron chi connectivity index (χ4n) is 2.16. The number of nitrogens with zero attached hydrogens (tertiary/aromatic N) is 1. The van der Waals surface area contributed by atoms with Crippen LogP contribution in [0.15, 0.2) is 0 Å². The van der Waals surface area contributed by atoms with Crippen LogP contribution < -0.4 is 5.32 Å². The predicted molar refractivity (Wildman–Crippen MR) is 64.7 cm³/mol. The van der Waals surface area contributed by atoms with Crippen LogP contribution in [0.2, 0.25) is 0 Å². The van der Waals surface area contributed by atoms with Crippen LogP contribution in [0.1, 0.15) is 33.1 Å². The van der Waals surface area contributed by atoms with Gasteiger partial charge >= 0.3 is 5.97 Å². The lowest BCUT2D eigenvalue weighted by Crippen LogP contribution is -2.52. The van der Waals surface area contributed by atoms with E-state index in [1.165, 1.54) is 11.8 Å². The molecule has 1 amide bonds. The molecule has 0 aromatic heterocycles. The largest absolute Gasteiger partial charge is 0.480 e. The van der Waals surface area contributed by atoms with Gasteiger partial charge in [-0.15, -0.1) is 0 Å². The average molecular weight is 242 g/mol. The number of hydrogen-bond donors (Lipinski definition) is 2. The zero-order valence-corrected chi connectivity index (χ0v) is 10.8. The summed E-state index contributed by atoms with van der Waals surface area (Å²) in [4.78, 5) is 24.3. The number of amides is 1. The number of carboxylic acids is 1. The van der Waals surface area contributed by atoms with Gasteiger partial charge < -0.3 is 15.3 Å². The number of likely N-dealkylation sites (N-methyl/N-ethyl adjacent to an activating group) is 1. The van der Waals surface area contributed by atoms with E-state index in [2.05, 4.69) is 12.2 Å². The highest BCUT2D eigenvalue weighted by Crippen LogP contribution is 2.20. The third-order valence-electron chi connectivity index (χ3n) is 3.67. The van der Waals surface area contributed by atoms with Crippen molar-refractivity contribution in [1.29, 1.82) is 0 Å². The number of rotatable bonds is 4. The standard InChI is InChI=1S/C12H22N2O3/c1-4-9-5-6-13-10(7-9)11(15)14(3)8(2)12(16)17/h8-10,13H,4-7H2,1-3H3,(H,16,17). The third kappa shape index (κ3) is 3.43. The minimum Gasteiger partial charge on any atom is -0.480 e. The first-order valence-corrected chi connectivity index (χ1v) is 6.20. The molecule has 1 fully saturated rings. The molecule has 2 N–H and O–H groups in total. The van der Waals surface area contributed by atoms with Gasteiger partial charge in [-0.05, 0) is 32.2 Å². The molecule has 5 nitrogen and oxygen atoms in total. The molecular formula is C12H22N2O3. The summed E-state index contributed by atoms with van der Waals surface area (Å²) in [7, 11) is 1.55. The van der Waals surface area contributed by atoms with Crippen LogP contribution in [-0.2, 0) is 9.59 Å². The second-order valence-corrected chi connectivity index (χ2v) is 4.77. The SMILES string of the molecule is CCC1CCNC(C(=O)N(C)C(C)C(=O)O)C1. The van der Waals surface area contributed by atoms with Gasteiger partial charge in [0, 0.05) is 7.05 Å². The zero-order chi connectivity index (χ0) is 13.0. The van der Waals surface area contributed by atoms with Gasteiger partial charge in [0.25, 0.3) is 0 Å². The van der Waals surface area contributed by atoms with Gasteiger partial charge in [0.2, 0.25) is 5.91 Å². The normalized spacial score (nSPS) is 26.3. The van der Waals surface area contributed by atoms with Gasteiger partial charge in [0.05, 0.1) is 6.04 Å². The number of aliphatic carboxylic acids is 1. The molecule has 1 saturated heterocycles. The Labute approximate surface area is 102 Å². The number of carbonyl (C=O) groups excluding carboxylic acids is 1. The number of carboxylic acid groups (broad SMARTS) is 1. The van der Waals surface area contributed by atoms with Crippen molar-refractivity contribution < 1.29 is 14.7 Å². The molecule has 1 aliphatic rings. The molecule has 3 unspecified atom stereocenters. The van der Waals surface area contributed by atoms with Crippen LogP contribution in [0, 0.1) is 5.92 Å². The summed E-state index contributed by atoms with van der Waals surface area (Å²) >= 11 is 0. The van der Waals surface area contributed by atoms with Gasteiger partial charge in [0.15, 0.2) is 0 Å². The lowest BCUT2D eigenvalue weighted by molar-refractivity contribution is -0.149. The summed E-state index contributed by atoms with van der Waals surface area (Å²) in [6.45, 7) is 4.49. The Morgan fingerprint density at radius 1 is 1.53 bits per heavy atom. The Balaban J connectivity index is 2.59. The average Bonchev–Trinajstić information content (AvgIpc) is 2.36. The lowest BCUT2D eigenvalue weighted by Gasteiger charge is -2.32. The first-order valence-electron chi connectivity index (χ1n) is 6.20. The molecule has 0 saturated carbocycles. The van der Waals surface area contributed by atoms with Crippen molar-refractivity contribution in [1.82, 2.24) is 10.2 Å². The van der Waals surface area contributed by atoms with Gasteiger partial charge in [-0.3, -0.25) is 4.79 Å². The van der Waals surface area contributed by atoms with Crippen molar-refractivity contribution in [2.24, 2.45) is 5.92 Å². The summed E-state index contributed by atoms with van der Waals surface area (Å²) in [6, 6.07) is -0.994. The Hall–Kier alpha value is -1.10. The Morgan fingerprint density at radius 3 is 2.71 bits per heavy atom. The zero-order valence-electron chi connectivity index (χ0n) is 10.8. The minimum atomic E-state index is -0.969. The molecule has 0 bridgehead atoms. The summed E-state index contributed by atoms with van der Waals surface area (Å²) in [5.41, 5.74) is 0. The van der Waals surface area contributed by atoms with E-state index >= 15 is 0 Å². The van der Waals surface area contributed by atoms with Crippen molar-refractivity contribution in [3.05, 3.63) is 0 Å². The maximum atomic E-state index is 12.1. The van der Waals surface area contributed by atoms with Crippen LogP contribution in [0.25, 0.3) is 0 Å². The first-order chi connectivity index (χ1) is 7.97. The highest BCUT2D eigenvalue weighted by Gasteiger charge is 2.31. The number of hydrogen-bond acceptors (Lipinski definition) is 3.